The average molecular weight is 253 g/mol. The van der Waals surface area contributed by atoms with Crippen LogP contribution in [-0.2, 0) is 17.8 Å². The Morgan fingerprint density at radius 1 is 1.59 bits per heavy atom. The van der Waals surface area contributed by atoms with Crippen LogP contribution in [0.15, 0.2) is 6.20 Å². The predicted molar refractivity (Wildman–Crippen MR) is 71.4 cm³/mol. The molecule has 1 amide bonds. The van der Waals surface area contributed by atoms with Crippen LogP contribution in [0.4, 0.5) is 5.82 Å². The molecule has 0 spiro atoms. The summed E-state index contributed by atoms with van der Waals surface area (Å²) < 4.78 is 2.13. The maximum absolute atomic E-state index is 11.7. The van der Waals surface area contributed by atoms with Crippen molar-refractivity contribution >= 4 is 23.5 Å². The van der Waals surface area contributed by atoms with Crippen LogP contribution in [0.3, 0.4) is 0 Å². The highest BCUT2D eigenvalue weighted by molar-refractivity contribution is 7.99. The first kappa shape index (κ1) is 12.5. The molecular formula is C12H19N3OS. The Kier molecular flexibility index (Phi) is 4.48. The maximum atomic E-state index is 11.7. The highest BCUT2D eigenvalue weighted by Gasteiger charge is 2.15. The molecule has 94 valence electrons. The summed E-state index contributed by atoms with van der Waals surface area (Å²) in [4.78, 5) is 16.0. The molecule has 0 aromatic carbocycles. The van der Waals surface area contributed by atoms with Gasteiger partial charge in [0.2, 0.25) is 5.91 Å². The number of nitrogens with zero attached hydrogens (tertiary/aromatic N) is 2. The first-order valence-corrected chi connectivity index (χ1v) is 7.38. The molecule has 0 saturated heterocycles. The summed E-state index contributed by atoms with van der Waals surface area (Å²) in [5, 5.41) is 2.95. The Morgan fingerprint density at radius 3 is 3.29 bits per heavy atom. The third-order valence-corrected chi connectivity index (χ3v) is 3.98. The standard InChI is InChI=1S/C12H19N3OS/c1-2-7-17-9-12(16)14-11-8-13-10-5-3-4-6-15(10)11/h8H,2-7,9H2,1H3,(H,14,16). The van der Waals surface area contributed by atoms with Gasteiger partial charge in [-0.25, -0.2) is 4.98 Å². The Hall–Kier alpha value is -0.970. The topological polar surface area (TPSA) is 46.9 Å². The fourth-order valence-electron chi connectivity index (χ4n) is 2.00. The number of aryl methyl sites for hydroxylation is 1. The number of carbonyl (C=O) groups is 1. The van der Waals surface area contributed by atoms with Crippen molar-refractivity contribution in [3.05, 3.63) is 12.0 Å². The molecule has 2 heterocycles. The van der Waals surface area contributed by atoms with Crippen molar-refractivity contribution in [2.45, 2.75) is 39.2 Å². The van der Waals surface area contributed by atoms with Crippen LogP contribution < -0.4 is 5.32 Å². The third kappa shape index (κ3) is 3.25. The molecule has 1 aliphatic heterocycles. The number of fused-ring (bicyclic) bond motifs is 1. The quantitative estimate of drug-likeness (QED) is 0.819. The fraction of sp³-hybridized carbons (Fsp3) is 0.667. The Bertz CT molecular complexity index is 389. The molecule has 0 fully saturated rings. The second-order valence-electron chi connectivity index (χ2n) is 4.27. The van der Waals surface area contributed by atoms with E-state index < -0.39 is 0 Å². The van der Waals surface area contributed by atoms with Crippen molar-refractivity contribution < 1.29 is 4.79 Å². The third-order valence-electron chi connectivity index (χ3n) is 2.82. The van der Waals surface area contributed by atoms with Gasteiger partial charge in [-0.2, -0.15) is 11.8 Å². The molecule has 2 rings (SSSR count). The first-order chi connectivity index (χ1) is 8.31. The van der Waals surface area contributed by atoms with E-state index in [1.807, 2.05) is 0 Å². The van der Waals surface area contributed by atoms with Crippen molar-refractivity contribution in [3.8, 4) is 0 Å². The Morgan fingerprint density at radius 2 is 2.47 bits per heavy atom. The van der Waals surface area contributed by atoms with E-state index in [9.17, 15) is 4.79 Å². The van der Waals surface area contributed by atoms with Gasteiger partial charge in [0.15, 0.2) is 0 Å². The molecule has 17 heavy (non-hydrogen) atoms. The van der Waals surface area contributed by atoms with Crippen LogP contribution in [0.5, 0.6) is 0 Å². The van der Waals surface area contributed by atoms with E-state index >= 15 is 0 Å². The largest absolute Gasteiger partial charge is 0.315 e. The van der Waals surface area contributed by atoms with Crippen LogP contribution in [0.1, 0.15) is 32.0 Å². The van der Waals surface area contributed by atoms with E-state index in [1.165, 1.54) is 12.8 Å². The summed E-state index contributed by atoms with van der Waals surface area (Å²) in [6.07, 6.45) is 6.30. The molecule has 0 aliphatic carbocycles. The SMILES string of the molecule is CCCSCC(=O)Nc1cnc2n1CCCC2. The normalized spacial score (nSPS) is 14.4. The number of aromatic nitrogens is 2. The van der Waals surface area contributed by atoms with Crippen molar-refractivity contribution in [3.63, 3.8) is 0 Å². The number of rotatable bonds is 5. The monoisotopic (exact) mass is 253 g/mol. The second kappa shape index (κ2) is 6.10. The highest BCUT2D eigenvalue weighted by Crippen LogP contribution is 2.19. The summed E-state index contributed by atoms with van der Waals surface area (Å²) in [7, 11) is 0. The van der Waals surface area contributed by atoms with Crippen LogP contribution in [0, 0.1) is 0 Å². The predicted octanol–water partition coefficient (Wildman–Crippen LogP) is 2.30. The van der Waals surface area contributed by atoms with Gasteiger partial charge in [-0.3, -0.25) is 4.79 Å². The molecule has 0 atom stereocenters. The molecule has 0 bridgehead atoms. The molecule has 5 heteroatoms. The van der Waals surface area contributed by atoms with E-state index in [1.54, 1.807) is 18.0 Å². The number of anilines is 1. The minimum Gasteiger partial charge on any atom is -0.315 e. The Balaban J connectivity index is 1.90. The van der Waals surface area contributed by atoms with Gasteiger partial charge in [-0.05, 0) is 25.0 Å². The summed E-state index contributed by atoms with van der Waals surface area (Å²) in [5.41, 5.74) is 0. The van der Waals surface area contributed by atoms with Crippen molar-refractivity contribution in [1.82, 2.24) is 9.55 Å². The van der Waals surface area contributed by atoms with Crippen molar-refractivity contribution in [1.29, 1.82) is 0 Å². The molecule has 1 N–H and O–H groups in total. The summed E-state index contributed by atoms with van der Waals surface area (Å²) in [6.45, 7) is 3.10. The first-order valence-electron chi connectivity index (χ1n) is 6.23. The lowest BCUT2D eigenvalue weighted by atomic mass is 10.2. The zero-order valence-electron chi connectivity index (χ0n) is 10.2. The molecule has 4 nitrogen and oxygen atoms in total. The number of thioether (sulfide) groups is 1. The lowest BCUT2D eigenvalue weighted by Crippen LogP contribution is -2.19. The van der Waals surface area contributed by atoms with E-state index in [2.05, 4.69) is 21.8 Å². The summed E-state index contributed by atoms with van der Waals surface area (Å²) in [5.74, 6) is 3.62. The molecule has 0 saturated carbocycles. The molecular weight excluding hydrogens is 234 g/mol. The number of amides is 1. The van der Waals surface area contributed by atoms with Gasteiger partial charge in [0.1, 0.15) is 11.6 Å². The number of nitrogens with one attached hydrogen (secondary N) is 1. The number of imidazole rings is 1. The van der Waals surface area contributed by atoms with Gasteiger partial charge in [0.05, 0.1) is 11.9 Å². The van der Waals surface area contributed by atoms with E-state index in [0.29, 0.717) is 5.75 Å². The van der Waals surface area contributed by atoms with Crippen LogP contribution >= 0.6 is 11.8 Å². The van der Waals surface area contributed by atoms with Crippen molar-refractivity contribution in [2.75, 3.05) is 16.8 Å². The molecule has 1 aromatic rings. The Labute approximate surface area is 106 Å². The fourth-order valence-corrected chi connectivity index (χ4v) is 2.69. The van der Waals surface area contributed by atoms with Gasteiger partial charge in [-0.1, -0.05) is 6.92 Å². The van der Waals surface area contributed by atoms with Gasteiger partial charge >= 0.3 is 0 Å². The van der Waals surface area contributed by atoms with Crippen LogP contribution in [-0.4, -0.2) is 27.0 Å². The van der Waals surface area contributed by atoms with Crippen molar-refractivity contribution in [2.24, 2.45) is 0 Å². The number of hydrogen-bond donors (Lipinski definition) is 1. The van der Waals surface area contributed by atoms with Crippen LogP contribution in [0.25, 0.3) is 0 Å². The minimum atomic E-state index is 0.0803. The number of carbonyl (C=O) groups excluding carboxylic acids is 1. The molecule has 1 aliphatic rings. The second-order valence-corrected chi connectivity index (χ2v) is 5.37. The molecule has 0 radical (unpaired) electrons. The highest BCUT2D eigenvalue weighted by atomic mass is 32.2. The lowest BCUT2D eigenvalue weighted by molar-refractivity contribution is -0.113. The molecule has 1 aromatic heterocycles. The average Bonchev–Trinajstić information content (AvgIpc) is 2.73. The van der Waals surface area contributed by atoms with Crippen LogP contribution in [0.2, 0.25) is 0 Å². The smallest absolute Gasteiger partial charge is 0.235 e. The lowest BCUT2D eigenvalue weighted by Gasteiger charge is -2.16. The zero-order valence-corrected chi connectivity index (χ0v) is 11.1. The van der Waals surface area contributed by atoms with Gasteiger partial charge < -0.3 is 9.88 Å². The maximum Gasteiger partial charge on any atom is 0.235 e. The zero-order chi connectivity index (χ0) is 12.1. The van der Waals surface area contributed by atoms with Gasteiger partial charge in [0, 0.05) is 13.0 Å². The van der Waals surface area contributed by atoms with Gasteiger partial charge in [-0.15, -0.1) is 0 Å². The summed E-state index contributed by atoms with van der Waals surface area (Å²) in [6, 6.07) is 0. The van der Waals surface area contributed by atoms with Gasteiger partial charge in [0.25, 0.3) is 0 Å². The number of hydrogen-bond acceptors (Lipinski definition) is 3. The minimum absolute atomic E-state index is 0.0803. The van der Waals surface area contributed by atoms with E-state index in [4.69, 9.17) is 0 Å². The van der Waals surface area contributed by atoms with E-state index in [-0.39, 0.29) is 5.91 Å². The van der Waals surface area contributed by atoms with E-state index in [0.717, 1.165) is 36.8 Å². The molecule has 0 unspecified atom stereocenters. The summed E-state index contributed by atoms with van der Waals surface area (Å²) >= 11 is 1.68.